The largest absolute Gasteiger partial charge is 0.508 e. The van der Waals surface area contributed by atoms with Gasteiger partial charge in [-0.3, -0.25) is 19.6 Å². The summed E-state index contributed by atoms with van der Waals surface area (Å²) in [5, 5.41) is 13.8. The van der Waals surface area contributed by atoms with Crippen LogP contribution < -0.4 is 5.56 Å². The highest BCUT2D eigenvalue weighted by molar-refractivity contribution is 5.80. The van der Waals surface area contributed by atoms with Gasteiger partial charge in [0.15, 0.2) is 0 Å². The number of nitrogens with zero attached hydrogens (tertiary/aromatic N) is 2. The number of hydrogen-bond donors (Lipinski definition) is 2. The summed E-state index contributed by atoms with van der Waals surface area (Å²) >= 11 is 0. The molecule has 0 aliphatic heterocycles. The molecule has 4 aromatic rings. The maximum Gasteiger partial charge on any atom is 0.272 e. The van der Waals surface area contributed by atoms with Crippen LogP contribution in [0.25, 0.3) is 21.8 Å². The zero-order chi connectivity index (χ0) is 15.1. The quantitative estimate of drug-likeness (QED) is 0.590. The number of aromatic nitrogens is 3. The van der Waals surface area contributed by atoms with Gasteiger partial charge in [0.25, 0.3) is 5.56 Å². The number of para-hydroxylation sites is 1. The molecule has 0 atom stereocenters. The van der Waals surface area contributed by atoms with Crippen molar-refractivity contribution < 1.29 is 10.6 Å². The number of phenols is 1. The molecule has 2 aromatic heterocycles. The second-order valence-corrected chi connectivity index (χ2v) is 5.22. The van der Waals surface area contributed by atoms with Gasteiger partial charge in [-0.25, -0.2) is 0 Å². The Hall–Kier alpha value is -3.12. The van der Waals surface area contributed by atoms with Crippen molar-refractivity contribution in [3.05, 3.63) is 70.6 Å². The Labute approximate surface area is 130 Å². The minimum Gasteiger partial charge on any atom is -0.508 e. The van der Waals surface area contributed by atoms with Crippen LogP contribution >= 0.6 is 0 Å². The van der Waals surface area contributed by atoms with Crippen LogP contribution in [0.5, 0.6) is 5.75 Å². The van der Waals surface area contributed by atoms with Crippen molar-refractivity contribution in [2.75, 3.05) is 0 Å². The molecule has 0 saturated heterocycles. The third kappa shape index (κ3) is 2.56. The Balaban J connectivity index is 0.00000156. The number of benzene rings is 2. The first-order chi connectivity index (χ1) is 10.7. The lowest BCUT2D eigenvalue weighted by molar-refractivity contribution is 0.476. The summed E-state index contributed by atoms with van der Waals surface area (Å²) in [6.07, 6.45) is 0. The molecule has 23 heavy (non-hydrogen) atoms. The summed E-state index contributed by atoms with van der Waals surface area (Å²) in [4.78, 5) is 16.6. The number of aromatic amines is 1. The maximum absolute atomic E-state index is 11.9. The highest BCUT2D eigenvalue weighted by atomic mass is 16.3. The van der Waals surface area contributed by atoms with E-state index in [1.54, 1.807) is 16.8 Å². The average molecular weight is 309 g/mol. The summed E-state index contributed by atoms with van der Waals surface area (Å²) in [6.45, 7) is 0.467. The van der Waals surface area contributed by atoms with Crippen LogP contribution in [-0.4, -0.2) is 25.3 Å². The molecular weight excluding hydrogens is 294 g/mol. The minimum atomic E-state index is -0.216. The molecule has 2 aromatic carbocycles. The SMILES string of the molecule is O.O=c1[nH]n(Cc2ccc3ccccc3n2)c2ccc(O)cc12. The summed E-state index contributed by atoms with van der Waals surface area (Å²) in [7, 11) is 0. The predicted octanol–water partition coefficient (Wildman–Crippen LogP) is 1.81. The second-order valence-electron chi connectivity index (χ2n) is 5.22. The van der Waals surface area contributed by atoms with Gasteiger partial charge in [0.05, 0.1) is 28.7 Å². The van der Waals surface area contributed by atoms with E-state index in [4.69, 9.17) is 0 Å². The Morgan fingerprint density at radius 2 is 1.91 bits per heavy atom. The summed E-state index contributed by atoms with van der Waals surface area (Å²) in [5.41, 5.74) is 2.32. The Kier molecular flexibility index (Phi) is 3.59. The van der Waals surface area contributed by atoms with Crippen molar-refractivity contribution in [1.29, 1.82) is 0 Å². The van der Waals surface area contributed by atoms with Crippen molar-refractivity contribution in [2.45, 2.75) is 6.54 Å². The van der Waals surface area contributed by atoms with E-state index in [2.05, 4.69) is 10.1 Å². The molecule has 0 spiro atoms. The molecule has 0 bridgehead atoms. The minimum absolute atomic E-state index is 0. The molecule has 0 aliphatic carbocycles. The second kappa shape index (κ2) is 5.58. The van der Waals surface area contributed by atoms with Gasteiger partial charge in [0.2, 0.25) is 0 Å². The van der Waals surface area contributed by atoms with E-state index in [9.17, 15) is 9.90 Å². The summed E-state index contributed by atoms with van der Waals surface area (Å²) < 4.78 is 1.74. The van der Waals surface area contributed by atoms with Crippen molar-refractivity contribution >= 4 is 21.8 Å². The number of aromatic hydroxyl groups is 1. The van der Waals surface area contributed by atoms with Crippen molar-refractivity contribution in [3.8, 4) is 5.75 Å². The third-order valence-electron chi connectivity index (χ3n) is 3.73. The molecule has 0 radical (unpaired) electrons. The molecule has 6 heteroatoms. The molecule has 0 unspecified atom stereocenters. The lowest BCUT2D eigenvalue weighted by atomic mass is 10.2. The Bertz CT molecular complexity index is 1050. The van der Waals surface area contributed by atoms with Crippen molar-refractivity contribution in [2.24, 2.45) is 0 Å². The van der Waals surface area contributed by atoms with E-state index in [-0.39, 0.29) is 16.8 Å². The van der Waals surface area contributed by atoms with Crippen molar-refractivity contribution in [1.82, 2.24) is 14.8 Å². The number of rotatable bonds is 2. The molecule has 0 fully saturated rings. The highest BCUT2D eigenvalue weighted by Crippen LogP contribution is 2.18. The van der Waals surface area contributed by atoms with Gasteiger partial charge in [-0.1, -0.05) is 24.3 Å². The summed E-state index contributed by atoms with van der Waals surface area (Å²) in [5.74, 6) is 0.0829. The fourth-order valence-electron chi connectivity index (χ4n) is 2.67. The van der Waals surface area contributed by atoms with Gasteiger partial charge < -0.3 is 10.6 Å². The van der Waals surface area contributed by atoms with Crippen LogP contribution in [0.15, 0.2) is 59.4 Å². The molecule has 116 valence electrons. The molecule has 2 heterocycles. The fraction of sp³-hybridized carbons (Fsp3) is 0.0588. The van der Waals surface area contributed by atoms with E-state index >= 15 is 0 Å². The predicted molar refractivity (Wildman–Crippen MR) is 88.7 cm³/mol. The molecule has 4 N–H and O–H groups in total. The lowest BCUT2D eigenvalue weighted by Crippen LogP contribution is -2.07. The van der Waals surface area contributed by atoms with Gasteiger partial charge >= 0.3 is 0 Å². The third-order valence-corrected chi connectivity index (χ3v) is 3.73. The van der Waals surface area contributed by atoms with Gasteiger partial charge in [0.1, 0.15) is 5.75 Å². The molecule has 6 nitrogen and oxygen atoms in total. The van der Waals surface area contributed by atoms with Crippen LogP contribution in [0.3, 0.4) is 0 Å². The number of H-pyrrole nitrogens is 1. The zero-order valence-corrected chi connectivity index (χ0v) is 12.2. The van der Waals surface area contributed by atoms with E-state index in [0.717, 1.165) is 22.1 Å². The van der Waals surface area contributed by atoms with Gasteiger partial charge in [0, 0.05) is 5.39 Å². The number of pyridine rings is 1. The number of hydrogen-bond acceptors (Lipinski definition) is 3. The first-order valence-corrected chi connectivity index (χ1v) is 6.97. The van der Waals surface area contributed by atoms with E-state index in [1.807, 2.05) is 36.4 Å². The van der Waals surface area contributed by atoms with E-state index < -0.39 is 0 Å². The van der Waals surface area contributed by atoms with Crippen LogP contribution in [0, 0.1) is 0 Å². The molecular formula is C17H15N3O3. The monoisotopic (exact) mass is 309 g/mol. The lowest BCUT2D eigenvalue weighted by Gasteiger charge is -2.05. The van der Waals surface area contributed by atoms with Gasteiger partial charge in [-0.2, -0.15) is 0 Å². The standard InChI is InChI=1S/C17H13N3O2.H2O/c21-13-7-8-16-14(9-13)17(22)19-20(16)10-12-6-5-11-3-1-2-4-15(11)18-12;/h1-9,21H,10H2,(H,19,22);1H2. The first-order valence-electron chi connectivity index (χ1n) is 6.97. The fourth-order valence-corrected chi connectivity index (χ4v) is 2.67. The van der Waals surface area contributed by atoms with E-state index in [1.165, 1.54) is 6.07 Å². The zero-order valence-electron chi connectivity index (χ0n) is 12.2. The molecule has 0 amide bonds. The smallest absolute Gasteiger partial charge is 0.272 e. The van der Waals surface area contributed by atoms with Crippen LogP contribution in [0.1, 0.15) is 5.69 Å². The summed E-state index contributed by atoms with van der Waals surface area (Å²) in [6, 6.07) is 16.7. The normalized spacial score (nSPS) is 10.8. The van der Waals surface area contributed by atoms with Gasteiger partial charge in [-0.05, 0) is 30.3 Å². The highest BCUT2D eigenvalue weighted by Gasteiger charge is 2.08. The number of phenolic OH excluding ortho intramolecular Hbond substituents is 1. The maximum atomic E-state index is 11.9. The van der Waals surface area contributed by atoms with E-state index in [0.29, 0.717) is 11.9 Å². The van der Waals surface area contributed by atoms with Crippen LogP contribution in [-0.2, 0) is 6.54 Å². The van der Waals surface area contributed by atoms with Crippen LogP contribution in [0.4, 0.5) is 0 Å². The number of nitrogens with one attached hydrogen (secondary N) is 1. The average Bonchev–Trinajstić information content (AvgIpc) is 2.83. The first kappa shape index (κ1) is 14.8. The van der Waals surface area contributed by atoms with Crippen LogP contribution in [0.2, 0.25) is 0 Å². The Morgan fingerprint density at radius 1 is 1.09 bits per heavy atom. The molecule has 0 saturated carbocycles. The number of fused-ring (bicyclic) bond motifs is 2. The molecule has 0 aliphatic rings. The van der Waals surface area contributed by atoms with Crippen molar-refractivity contribution in [3.63, 3.8) is 0 Å². The van der Waals surface area contributed by atoms with Gasteiger partial charge in [-0.15, -0.1) is 0 Å². The Morgan fingerprint density at radius 3 is 2.78 bits per heavy atom. The topological polar surface area (TPSA) is 102 Å². The molecule has 4 rings (SSSR count).